The number of rotatable bonds is 4. The topological polar surface area (TPSA) is 96.9 Å². The standard InChI is InChI=1S/C15H21N3O3/c1-10-9-11(21-2)5-6-12(10)17-14(19)15(13(16)18-20)7-3-4-8-15/h5-6,9,20H,3-4,7-8H2,1-2H3,(H2,16,18)(H,17,19). The fraction of sp³-hybridized carbons (Fsp3) is 0.467. The van der Waals surface area contributed by atoms with Crippen LogP contribution in [0, 0.1) is 12.3 Å². The number of carbonyl (C=O) groups is 1. The predicted octanol–water partition coefficient (Wildman–Crippen LogP) is 2.25. The third-order valence-corrected chi connectivity index (χ3v) is 4.17. The molecule has 1 aliphatic carbocycles. The number of hydrogen-bond donors (Lipinski definition) is 3. The van der Waals surface area contributed by atoms with E-state index in [9.17, 15) is 4.79 Å². The molecule has 6 heteroatoms. The molecular formula is C15H21N3O3. The fourth-order valence-corrected chi connectivity index (χ4v) is 2.82. The van der Waals surface area contributed by atoms with Gasteiger partial charge in [-0.3, -0.25) is 4.79 Å². The summed E-state index contributed by atoms with van der Waals surface area (Å²) in [5.74, 6) is 0.504. The lowest BCUT2D eigenvalue weighted by Crippen LogP contribution is -2.45. The van der Waals surface area contributed by atoms with Crippen molar-refractivity contribution in [3.63, 3.8) is 0 Å². The Hall–Kier alpha value is -2.24. The van der Waals surface area contributed by atoms with Gasteiger partial charge in [0.05, 0.1) is 7.11 Å². The highest BCUT2D eigenvalue weighted by Crippen LogP contribution is 2.39. The Morgan fingerprint density at radius 3 is 2.62 bits per heavy atom. The first-order chi connectivity index (χ1) is 10.0. The Labute approximate surface area is 124 Å². The number of hydrogen-bond acceptors (Lipinski definition) is 4. The largest absolute Gasteiger partial charge is 0.497 e. The zero-order valence-electron chi connectivity index (χ0n) is 12.3. The molecular weight excluding hydrogens is 270 g/mol. The van der Waals surface area contributed by atoms with E-state index in [1.807, 2.05) is 13.0 Å². The summed E-state index contributed by atoms with van der Waals surface area (Å²) in [4.78, 5) is 12.6. The van der Waals surface area contributed by atoms with E-state index in [1.165, 1.54) is 0 Å². The van der Waals surface area contributed by atoms with E-state index in [0.717, 1.165) is 24.2 Å². The highest BCUT2D eigenvalue weighted by atomic mass is 16.5. The third kappa shape index (κ3) is 2.79. The molecule has 1 aromatic carbocycles. The number of methoxy groups -OCH3 is 1. The van der Waals surface area contributed by atoms with Gasteiger partial charge in [-0.15, -0.1) is 0 Å². The maximum atomic E-state index is 12.6. The quantitative estimate of drug-likeness (QED) is 0.343. The van der Waals surface area contributed by atoms with E-state index in [1.54, 1.807) is 19.2 Å². The molecule has 0 aromatic heterocycles. The molecule has 0 bridgehead atoms. The van der Waals surface area contributed by atoms with Crippen LogP contribution in [0.1, 0.15) is 31.2 Å². The molecule has 0 unspecified atom stereocenters. The van der Waals surface area contributed by atoms with E-state index in [0.29, 0.717) is 18.5 Å². The van der Waals surface area contributed by atoms with Crippen LogP contribution in [0.5, 0.6) is 5.75 Å². The van der Waals surface area contributed by atoms with Gasteiger partial charge >= 0.3 is 0 Å². The van der Waals surface area contributed by atoms with Gasteiger partial charge < -0.3 is 21.0 Å². The van der Waals surface area contributed by atoms with Gasteiger partial charge in [0, 0.05) is 5.69 Å². The van der Waals surface area contributed by atoms with Crippen LogP contribution in [0.4, 0.5) is 5.69 Å². The van der Waals surface area contributed by atoms with E-state index in [2.05, 4.69) is 10.5 Å². The van der Waals surface area contributed by atoms with Crippen LogP contribution in [0.15, 0.2) is 23.4 Å². The maximum Gasteiger partial charge on any atom is 0.238 e. The highest BCUT2D eigenvalue weighted by molar-refractivity contribution is 6.12. The minimum Gasteiger partial charge on any atom is -0.497 e. The third-order valence-electron chi connectivity index (χ3n) is 4.17. The summed E-state index contributed by atoms with van der Waals surface area (Å²) in [6, 6.07) is 5.43. The molecule has 2 rings (SSSR count). The minimum atomic E-state index is -0.902. The van der Waals surface area contributed by atoms with Crippen molar-refractivity contribution < 1.29 is 14.7 Å². The molecule has 0 radical (unpaired) electrons. The Balaban J connectivity index is 2.24. The second kappa shape index (κ2) is 6.03. The summed E-state index contributed by atoms with van der Waals surface area (Å²) in [6.07, 6.45) is 2.99. The first-order valence-corrected chi connectivity index (χ1v) is 6.97. The Morgan fingerprint density at radius 2 is 2.10 bits per heavy atom. The monoisotopic (exact) mass is 291 g/mol. The molecule has 4 N–H and O–H groups in total. The van der Waals surface area contributed by atoms with Crippen molar-refractivity contribution in [2.75, 3.05) is 12.4 Å². The van der Waals surface area contributed by atoms with Crippen molar-refractivity contribution in [2.45, 2.75) is 32.6 Å². The molecule has 6 nitrogen and oxygen atoms in total. The molecule has 1 fully saturated rings. The SMILES string of the molecule is COc1ccc(NC(=O)C2(C(N)=NO)CCCC2)c(C)c1. The van der Waals surface area contributed by atoms with Gasteiger partial charge in [0.25, 0.3) is 0 Å². The van der Waals surface area contributed by atoms with Gasteiger partial charge in [0.15, 0.2) is 5.84 Å². The zero-order valence-corrected chi connectivity index (χ0v) is 12.3. The molecule has 0 spiro atoms. The van der Waals surface area contributed by atoms with E-state index >= 15 is 0 Å². The molecule has 0 aliphatic heterocycles. The summed E-state index contributed by atoms with van der Waals surface area (Å²) < 4.78 is 5.15. The fourth-order valence-electron chi connectivity index (χ4n) is 2.82. The second-order valence-corrected chi connectivity index (χ2v) is 5.41. The molecule has 0 saturated heterocycles. The van der Waals surface area contributed by atoms with E-state index in [-0.39, 0.29) is 11.7 Å². The van der Waals surface area contributed by atoms with Crippen molar-refractivity contribution in [3.8, 4) is 5.75 Å². The van der Waals surface area contributed by atoms with Gasteiger partial charge in [-0.05, 0) is 43.5 Å². The molecule has 0 heterocycles. The van der Waals surface area contributed by atoms with Crippen LogP contribution in [0.3, 0.4) is 0 Å². The van der Waals surface area contributed by atoms with Crippen molar-refractivity contribution >= 4 is 17.4 Å². The smallest absolute Gasteiger partial charge is 0.238 e. The molecule has 1 aromatic rings. The number of benzene rings is 1. The number of nitrogens with one attached hydrogen (secondary N) is 1. The number of amides is 1. The number of oxime groups is 1. The molecule has 1 saturated carbocycles. The maximum absolute atomic E-state index is 12.6. The van der Waals surface area contributed by atoms with Gasteiger partial charge in [-0.1, -0.05) is 18.0 Å². The number of amidine groups is 1. The van der Waals surface area contributed by atoms with Crippen LogP contribution in [0.2, 0.25) is 0 Å². The van der Waals surface area contributed by atoms with Gasteiger partial charge in [0.2, 0.25) is 5.91 Å². The normalized spacial score (nSPS) is 17.5. The van der Waals surface area contributed by atoms with E-state index < -0.39 is 5.41 Å². The van der Waals surface area contributed by atoms with Gasteiger partial charge in [-0.25, -0.2) is 0 Å². The highest BCUT2D eigenvalue weighted by Gasteiger charge is 2.45. The lowest BCUT2D eigenvalue weighted by atomic mass is 9.83. The Morgan fingerprint density at radius 1 is 1.43 bits per heavy atom. The van der Waals surface area contributed by atoms with Crippen molar-refractivity contribution in [1.29, 1.82) is 0 Å². The van der Waals surface area contributed by atoms with Crippen LogP contribution in [0.25, 0.3) is 0 Å². The summed E-state index contributed by atoms with van der Waals surface area (Å²) >= 11 is 0. The van der Waals surface area contributed by atoms with Crippen LogP contribution >= 0.6 is 0 Å². The Bertz CT molecular complexity index is 563. The lowest BCUT2D eigenvalue weighted by molar-refractivity contribution is -0.122. The second-order valence-electron chi connectivity index (χ2n) is 5.41. The van der Waals surface area contributed by atoms with Gasteiger partial charge in [0.1, 0.15) is 11.2 Å². The van der Waals surface area contributed by atoms with Crippen molar-refractivity contribution in [2.24, 2.45) is 16.3 Å². The number of nitrogens with two attached hydrogens (primary N) is 1. The Kier molecular flexibility index (Phi) is 4.35. The van der Waals surface area contributed by atoms with Crippen molar-refractivity contribution in [1.82, 2.24) is 0 Å². The summed E-state index contributed by atoms with van der Waals surface area (Å²) in [5, 5.41) is 14.9. The van der Waals surface area contributed by atoms with Crippen LogP contribution < -0.4 is 15.8 Å². The average Bonchev–Trinajstić information content (AvgIpc) is 2.99. The predicted molar refractivity (Wildman–Crippen MR) is 80.7 cm³/mol. The number of anilines is 1. The summed E-state index contributed by atoms with van der Waals surface area (Å²) in [7, 11) is 1.60. The summed E-state index contributed by atoms with van der Waals surface area (Å²) in [6.45, 7) is 1.89. The number of nitrogens with zero attached hydrogens (tertiary/aromatic N) is 1. The van der Waals surface area contributed by atoms with Crippen molar-refractivity contribution in [3.05, 3.63) is 23.8 Å². The zero-order chi connectivity index (χ0) is 15.5. The lowest BCUT2D eigenvalue weighted by Gasteiger charge is -2.26. The minimum absolute atomic E-state index is 0.0105. The van der Waals surface area contributed by atoms with Crippen LogP contribution in [-0.4, -0.2) is 24.1 Å². The number of carbonyl (C=O) groups excluding carboxylic acids is 1. The van der Waals surface area contributed by atoms with E-state index in [4.69, 9.17) is 15.7 Å². The average molecular weight is 291 g/mol. The molecule has 0 atom stereocenters. The molecule has 21 heavy (non-hydrogen) atoms. The van der Waals surface area contributed by atoms with Crippen LogP contribution in [-0.2, 0) is 4.79 Å². The first-order valence-electron chi connectivity index (χ1n) is 6.97. The molecule has 1 aliphatic rings. The number of aryl methyl sites for hydroxylation is 1. The van der Waals surface area contributed by atoms with Gasteiger partial charge in [-0.2, -0.15) is 0 Å². The number of ether oxygens (including phenoxy) is 1. The summed E-state index contributed by atoms with van der Waals surface area (Å²) in [5.41, 5.74) is 6.47. The molecule has 114 valence electrons. The molecule has 1 amide bonds. The first kappa shape index (κ1) is 15.2.